The Balaban J connectivity index is 2.41. The monoisotopic (exact) mass is 262 g/mol. The fraction of sp³-hybridized carbons (Fsp3) is 0.357. The molecule has 1 aromatic carbocycles. The highest BCUT2D eigenvalue weighted by Crippen LogP contribution is 2.12. The summed E-state index contributed by atoms with van der Waals surface area (Å²) in [6.07, 6.45) is 5.10. The van der Waals surface area contributed by atoms with Gasteiger partial charge < -0.3 is 20.5 Å². The van der Waals surface area contributed by atoms with Crippen LogP contribution in [0.25, 0.3) is 0 Å². The van der Waals surface area contributed by atoms with Crippen molar-refractivity contribution in [2.24, 2.45) is 5.73 Å². The number of nitrogens with one attached hydrogen (secondary N) is 1. The third-order valence-electron chi connectivity index (χ3n) is 2.21. The summed E-state index contributed by atoms with van der Waals surface area (Å²) in [5.41, 5.74) is 5.80. The van der Waals surface area contributed by atoms with Gasteiger partial charge in [0.15, 0.2) is 0 Å². The highest BCUT2D eigenvalue weighted by molar-refractivity contribution is 5.94. The van der Waals surface area contributed by atoms with E-state index >= 15 is 0 Å². The van der Waals surface area contributed by atoms with Crippen molar-refractivity contribution < 1.29 is 14.3 Å². The fourth-order valence-corrected chi connectivity index (χ4v) is 1.38. The molecule has 0 atom stereocenters. The van der Waals surface area contributed by atoms with Gasteiger partial charge in [0.25, 0.3) is 5.91 Å². The predicted molar refractivity (Wildman–Crippen MR) is 73.0 cm³/mol. The number of nitrogens with two attached hydrogens (primary N) is 1. The van der Waals surface area contributed by atoms with Gasteiger partial charge in [-0.25, -0.2) is 0 Å². The largest absolute Gasteiger partial charge is 0.481 e. The Morgan fingerprint density at radius 2 is 2.26 bits per heavy atom. The lowest BCUT2D eigenvalue weighted by molar-refractivity contribution is 0.0919. The van der Waals surface area contributed by atoms with E-state index in [0.29, 0.717) is 37.6 Å². The van der Waals surface area contributed by atoms with Crippen molar-refractivity contribution in [3.8, 4) is 18.1 Å². The molecule has 1 aromatic rings. The zero-order chi connectivity index (χ0) is 13.9. The number of ether oxygens (including phenoxy) is 2. The summed E-state index contributed by atoms with van der Waals surface area (Å²) in [6, 6.07) is 6.84. The molecule has 0 radical (unpaired) electrons. The summed E-state index contributed by atoms with van der Waals surface area (Å²) in [4.78, 5) is 11.8. The molecule has 1 amide bonds. The van der Waals surface area contributed by atoms with Gasteiger partial charge in [0.2, 0.25) is 0 Å². The summed E-state index contributed by atoms with van der Waals surface area (Å²) in [7, 11) is 0. The van der Waals surface area contributed by atoms with Gasteiger partial charge in [0.05, 0.1) is 13.2 Å². The number of carbonyl (C=O) groups is 1. The molecule has 19 heavy (non-hydrogen) atoms. The van der Waals surface area contributed by atoms with Crippen molar-refractivity contribution in [3.05, 3.63) is 29.8 Å². The third kappa shape index (κ3) is 5.91. The minimum absolute atomic E-state index is 0.178. The van der Waals surface area contributed by atoms with Crippen molar-refractivity contribution in [2.75, 3.05) is 32.9 Å². The van der Waals surface area contributed by atoms with Crippen LogP contribution in [0.1, 0.15) is 10.4 Å². The maximum atomic E-state index is 11.8. The van der Waals surface area contributed by atoms with Crippen LogP contribution < -0.4 is 15.8 Å². The van der Waals surface area contributed by atoms with E-state index in [4.69, 9.17) is 21.6 Å². The van der Waals surface area contributed by atoms with Gasteiger partial charge in [0.1, 0.15) is 12.4 Å². The van der Waals surface area contributed by atoms with Crippen LogP contribution in [-0.2, 0) is 4.74 Å². The lowest BCUT2D eigenvalue weighted by atomic mass is 10.2. The Bertz CT molecular complexity index is 441. The Hall–Kier alpha value is -2.03. The molecule has 0 unspecified atom stereocenters. The van der Waals surface area contributed by atoms with Gasteiger partial charge >= 0.3 is 0 Å². The van der Waals surface area contributed by atoms with Crippen LogP contribution in [0.3, 0.4) is 0 Å². The molecule has 0 heterocycles. The molecule has 0 saturated carbocycles. The molecule has 0 spiro atoms. The van der Waals surface area contributed by atoms with Gasteiger partial charge in [-0.1, -0.05) is 12.0 Å². The van der Waals surface area contributed by atoms with Gasteiger partial charge in [-0.3, -0.25) is 4.79 Å². The second-order valence-electron chi connectivity index (χ2n) is 3.68. The van der Waals surface area contributed by atoms with Crippen LogP contribution in [-0.4, -0.2) is 38.8 Å². The van der Waals surface area contributed by atoms with Crippen LogP contribution in [0.4, 0.5) is 0 Å². The second kappa shape index (κ2) is 8.97. The normalized spacial score (nSPS) is 9.68. The van der Waals surface area contributed by atoms with E-state index in [2.05, 4.69) is 11.2 Å². The smallest absolute Gasteiger partial charge is 0.251 e. The van der Waals surface area contributed by atoms with Crippen molar-refractivity contribution in [1.29, 1.82) is 0 Å². The Labute approximate surface area is 113 Å². The minimum Gasteiger partial charge on any atom is -0.481 e. The molecular weight excluding hydrogens is 244 g/mol. The van der Waals surface area contributed by atoms with Crippen LogP contribution >= 0.6 is 0 Å². The average molecular weight is 262 g/mol. The van der Waals surface area contributed by atoms with E-state index in [1.54, 1.807) is 24.3 Å². The maximum Gasteiger partial charge on any atom is 0.251 e. The van der Waals surface area contributed by atoms with E-state index in [-0.39, 0.29) is 12.5 Å². The first kappa shape index (κ1) is 15.0. The number of carbonyl (C=O) groups excluding carboxylic acids is 1. The fourth-order valence-electron chi connectivity index (χ4n) is 1.38. The van der Waals surface area contributed by atoms with Crippen molar-refractivity contribution in [3.63, 3.8) is 0 Å². The van der Waals surface area contributed by atoms with Gasteiger partial charge in [-0.15, -0.1) is 6.42 Å². The molecule has 0 saturated heterocycles. The van der Waals surface area contributed by atoms with Gasteiger partial charge in [0, 0.05) is 18.7 Å². The van der Waals surface area contributed by atoms with E-state index in [1.165, 1.54) is 0 Å². The summed E-state index contributed by atoms with van der Waals surface area (Å²) in [5.74, 6) is 2.77. The first-order valence-electron chi connectivity index (χ1n) is 6.00. The molecular formula is C14H18N2O3. The quantitative estimate of drug-likeness (QED) is 0.525. The average Bonchev–Trinajstić information content (AvgIpc) is 2.45. The second-order valence-corrected chi connectivity index (χ2v) is 3.68. The van der Waals surface area contributed by atoms with Gasteiger partial charge in [-0.05, 0) is 18.2 Å². The van der Waals surface area contributed by atoms with E-state index in [1.807, 2.05) is 0 Å². The first-order valence-corrected chi connectivity index (χ1v) is 6.00. The van der Waals surface area contributed by atoms with Crippen LogP contribution in [0.2, 0.25) is 0 Å². The van der Waals surface area contributed by atoms with Crippen LogP contribution in [0, 0.1) is 12.3 Å². The highest BCUT2D eigenvalue weighted by atomic mass is 16.5. The maximum absolute atomic E-state index is 11.8. The van der Waals surface area contributed by atoms with Crippen LogP contribution in [0.5, 0.6) is 5.75 Å². The SMILES string of the molecule is C#CCOc1cccc(C(=O)NCCOCCN)c1. The molecule has 0 aliphatic heterocycles. The molecule has 0 aliphatic rings. The van der Waals surface area contributed by atoms with Crippen molar-refractivity contribution in [2.45, 2.75) is 0 Å². The highest BCUT2D eigenvalue weighted by Gasteiger charge is 2.05. The zero-order valence-corrected chi connectivity index (χ0v) is 10.7. The number of hydrogen-bond donors (Lipinski definition) is 2. The minimum atomic E-state index is -0.178. The van der Waals surface area contributed by atoms with E-state index in [9.17, 15) is 4.79 Å². The Morgan fingerprint density at radius 1 is 1.42 bits per heavy atom. The molecule has 0 aromatic heterocycles. The molecule has 1 rings (SSSR count). The summed E-state index contributed by atoms with van der Waals surface area (Å²) in [6.45, 7) is 2.02. The van der Waals surface area contributed by atoms with E-state index in [0.717, 1.165) is 0 Å². The summed E-state index contributed by atoms with van der Waals surface area (Å²) >= 11 is 0. The number of terminal acetylenes is 1. The molecule has 5 nitrogen and oxygen atoms in total. The Morgan fingerprint density at radius 3 is 3.00 bits per heavy atom. The van der Waals surface area contributed by atoms with Crippen molar-refractivity contribution >= 4 is 5.91 Å². The Kier molecular flexibility index (Phi) is 7.10. The zero-order valence-electron chi connectivity index (χ0n) is 10.7. The topological polar surface area (TPSA) is 73.6 Å². The summed E-state index contributed by atoms with van der Waals surface area (Å²) in [5, 5.41) is 2.74. The predicted octanol–water partition coefficient (Wildman–Crippen LogP) is 0.404. The molecule has 0 aliphatic carbocycles. The molecule has 5 heteroatoms. The lowest BCUT2D eigenvalue weighted by Gasteiger charge is -2.07. The number of amides is 1. The van der Waals surface area contributed by atoms with Gasteiger partial charge in [-0.2, -0.15) is 0 Å². The molecule has 0 bridgehead atoms. The summed E-state index contributed by atoms with van der Waals surface area (Å²) < 4.78 is 10.4. The first-order chi connectivity index (χ1) is 9.27. The van der Waals surface area contributed by atoms with Crippen LogP contribution in [0.15, 0.2) is 24.3 Å². The molecule has 0 fully saturated rings. The third-order valence-corrected chi connectivity index (χ3v) is 2.21. The standard InChI is InChI=1S/C14H18N2O3/c1-2-8-19-13-5-3-4-12(11-13)14(17)16-7-10-18-9-6-15/h1,3-5,11H,6-10,15H2,(H,16,17). The lowest BCUT2D eigenvalue weighted by Crippen LogP contribution is -2.27. The number of benzene rings is 1. The number of rotatable bonds is 8. The number of hydrogen-bond acceptors (Lipinski definition) is 4. The molecule has 3 N–H and O–H groups in total. The molecule has 102 valence electrons. The van der Waals surface area contributed by atoms with E-state index < -0.39 is 0 Å². The van der Waals surface area contributed by atoms with Crippen molar-refractivity contribution in [1.82, 2.24) is 5.32 Å².